The van der Waals surface area contributed by atoms with Gasteiger partial charge in [-0.15, -0.1) is 0 Å². The first-order chi connectivity index (χ1) is 12.1. The third-order valence-corrected chi connectivity index (χ3v) is 4.32. The first-order valence-electron chi connectivity index (χ1n) is 8.49. The molecule has 2 amide bonds. The van der Waals surface area contributed by atoms with E-state index in [9.17, 15) is 9.59 Å². The second-order valence-electron chi connectivity index (χ2n) is 6.10. The molecule has 0 unspecified atom stereocenters. The van der Waals surface area contributed by atoms with Gasteiger partial charge in [-0.05, 0) is 54.3 Å². The van der Waals surface area contributed by atoms with Crippen molar-refractivity contribution < 1.29 is 14.3 Å². The number of amides is 2. The molecule has 2 aromatic carbocycles. The van der Waals surface area contributed by atoms with Crippen LogP contribution >= 0.6 is 0 Å². The summed E-state index contributed by atoms with van der Waals surface area (Å²) in [4.78, 5) is 25.4. The molecular formula is C20H22N2O3. The van der Waals surface area contributed by atoms with Gasteiger partial charge in [0.05, 0.1) is 0 Å². The summed E-state index contributed by atoms with van der Waals surface area (Å²) in [5.74, 6) is 0.530. The van der Waals surface area contributed by atoms with E-state index in [-0.39, 0.29) is 18.4 Å². The van der Waals surface area contributed by atoms with Crippen molar-refractivity contribution >= 4 is 23.2 Å². The number of hydrogen-bond donors (Lipinski definition) is 1. The highest BCUT2D eigenvalue weighted by Gasteiger charge is 2.22. The van der Waals surface area contributed by atoms with Crippen LogP contribution in [0, 0.1) is 0 Å². The quantitative estimate of drug-likeness (QED) is 0.911. The van der Waals surface area contributed by atoms with Crippen molar-refractivity contribution in [2.24, 2.45) is 0 Å². The maximum atomic E-state index is 12.1. The van der Waals surface area contributed by atoms with Gasteiger partial charge in [0, 0.05) is 24.8 Å². The van der Waals surface area contributed by atoms with E-state index < -0.39 is 0 Å². The zero-order valence-electron chi connectivity index (χ0n) is 14.5. The number of fused-ring (bicyclic) bond motifs is 1. The lowest BCUT2D eigenvalue weighted by Crippen LogP contribution is -2.25. The summed E-state index contributed by atoms with van der Waals surface area (Å²) in [6.45, 7) is 4.30. The highest BCUT2D eigenvalue weighted by molar-refractivity contribution is 5.95. The van der Waals surface area contributed by atoms with Gasteiger partial charge in [0.1, 0.15) is 5.75 Å². The summed E-state index contributed by atoms with van der Waals surface area (Å²) in [5, 5.41) is 2.85. The second kappa shape index (κ2) is 7.38. The molecule has 2 aromatic rings. The van der Waals surface area contributed by atoms with Gasteiger partial charge >= 0.3 is 0 Å². The predicted molar refractivity (Wildman–Crippen MR) is 98.1 cm³/mol. The average molecular weight is 338 g/mol. The topological polar surface area (TPSA) is 58.6 Å². The standard InChI is InChI=1S/C20H22N2O3/c1-3-15-5-4-6-18(11-15)25-13-20(24)21-17-7-8-19-16(12-17)9-10-22(19)14(2)23/h4-8,11-12H,3,9-10,13H2,1-2H3,(H,21,24). The van der Waals surface area contributed by atoms with Crippen molar-refractivity contribution in [3.05, 3.63) is 53.6 Å². The first-order valence-corrected chi connectivity index (χ1v) is 8.49. The van der Waals surface area contributed by atoms with Gasteiger partial charge in [-0.25, -0.2) is 0 Å². The molecule has 1 N–H and O–H groups in total. The number of ether oxygens (including phenoxy) is 1. The van der Waals surface area contributed by atoms with Crippen LogP contribution in [0.4, 0.5) is 11.4 Å². The molecule has 0 radical (unpaired) electrons. The van der Waals surface area contributed by atoms with Gasteiger partial charge in [-0.1, -0.05) is 19.1 Å². The minimum absolute atomic E-state index is 0.0379. The Hall–Kier alpha value is -2.82. The minimum atomic E-state index is -0.205. The number of nitrogens with zero attached hydrogens (tertiary/aromatic N) is 1. The summed E-state index contributed by atoms with van der Waals surface area (Å²) in [6.07, 6.45) is 1.73. The molecular weight excluding hydrogens is 316 g/mol. The summed E-state index contributed by atoms with van der Waals surface area (Å²) in [5.41, 5.74) is 3.90. The molecule has 0 saturated heterocycles. The van der Waals surface area contributed by atoms with E-state index in [1.165, 1.54) is 5.56 Å². The lowest BCUT2D eigenvalue weighted by molar-refractivity contribution is -0.118. The third-order valence-electron chi connectivity index (χ3n) is 4.32. The summed E-state index contributed by atoms with van der Waals surface area (Å²) in [7, 11) is 0. The van der Waals surface area contributed by atoms with Gasteiger partial charge in [0.15, 0.2) is 6.61 Å². The number of carbonyl (C=O) groups excluding carboxylic acids is 2. The highest BCUT2D eigenvalue weighted by atomic mass is 16.5. The van der Waals surface area contributed by atoms with Crippen LogP contribution in [0.1, 0.15) is 25.0 Å². The monoisotopic (exact) mass is 338 g/mol. The maximum absolute atomic E-state index is 12.1. The van der Waals surface area contributed by atoms with E-state index in [4.69, 9.17) is 4.74 Å². The molecule has 130 valence electrons. The van der Waals surface area contributed by atoms with E-state index in [0.717, 1.165) is 29.8 Å². The lowest BCUT2D eigenvalue weighted by Gasteiger charge is -2.15. The fourth-order valence-electron chi connectivity index (χ4n) is 3.01. The van der Waals surface area contributed by atoms with Crippen molar-refractivity contribution in [1.82, 2.24) is 0 Å². The van der Waals surface area contributed by atoms with Crippen LogP contribution in [0.15, 0.2) is 42.5 Å². The Morgan fingerprint density at radius 1 is 1.20 bits per heavy atom. The number of hydrogen-bond acceptors (Lipinski definition) is 3. The summed E-state index contributed by atoms with van der Waals surface area (Å²) < 4.78 is 5.56. The van der Waals surface area contributed by atoms with Crippen molar-refractivity contribution in [3.8, 4) is 5.75 Å². The van der Waals surface area contributed by atoms with Crippen molar-refractivity contribution in [2.45, 2.75) is 26.7 Å². The fraction of sp³-hybridized carbons (Fsp3) is 0.300. The molecule has 5 heteroatoms. The Morgan fingerprint density at radius 2 is 2.04 bits per heavy atom. The lowest BCUT2D eigenvalue weighted by atomic mass is 10.1. The maximum Gasteiger partial charge on any atom is 0.262 e. The minimum Gasteiger partial charge on any atom is -0.484 e. The zero-order chi connectivity index (χ0) is 17.8. The number of rotatable bonds is 5. The van der Waals surface area contributed by atoms with E-state index in [2.05, 4.69) is 12.2 Å². The molecule has 0 aliphatic carbocycles. The Labute approximate surface area is 147 Å². The summed E-state index contributed by atoms with van der Waals surface area (Å²) in [6, 6.07) is 13.4. The van der Waals surface area contributed by atoms with Crippen molar-refractivity contribution in [2.75, 3.05) is 23.4 Å². The predicted octanol–water partition coefficient (Wildman–Crippen LogP) is 3.18. The zero-order valence-corrected chi connectivity index (χ0v) is 14.5. The second-order valence-corrected chi connectivity index (χ2v) is 6.10. The van der Waals surface area contributed by atoms with Crippen molar-refractivity contribution in [1.29, 1.82) is 0 Å². The molecule has 1 heterocycles. The number of aryl methyl sites for hydroxylation is 1. The van der Waals surface area contributed by atoms with Crippen LogP contribution < -0.4 is 15.0 Å². The molecule has 0 spiro atoms. The average Bonchev–Trinajstić information content (AvgIpc) is 3.03. The molecule has 0 atom stereocenters. The smallest absolute Gasteiger partial charge is 0.262 e. The molecule has 0 aromatic heterocycles. The number of carbonyl (C=O) groups is 2. The van der Waals surface area contributed by atoms with Crippen LogP contribution in [0.3, 0.4) is 0 Å². The van der Waals surface area contributed by atoms with Gasteiger partial charge in [-0.3, -0.25) is 9.59 Å². The SMILES string of the molecule is CCc1cccc(OCC(=O)Nc2ccc3c(c2)CCN3C(C)=O)c1. The Kier molecular flexibility index (Phi) is 5.03. The Morgan fingerprint density at radius 3 is 2.80 bits per heavy atom. The third kappa shape index (κ3) is 3.99. The van der Waals surface area contributed by atoms with Crippen LogP contribution in [-0.4, -0.2) is 25.0 Å². The van der Waals surface area contributed by atoms with Gasteiger partial charge in [0.2, 0.25) is 5.91 Å². The van der Waals surface area contributed by atoms with E-state index in [1.807, 2.05) is 42.5 Å². The van der Waals surface area contributed by atoms with Crippen LogP contribution in [0.25, 0.3) is 0 Å². The molecule has 1 aliphatic heterocycles. The van der Waals surface area contributed by atoms with Gasteiger partial charge in [-0.2, -0.15) is 0 Å². The van der Waals surface area contributed by atoms with Crippen LogP contribution in [0.2, 0.25) is 0 Å². The Balaban J connectivity index is 1.59. The van der Waals surface area contributed by atoms with Crippen molar-refractivity contribution in [3.63, 3.8) is 0 Å². The molecule has 5 nitrogen and oxygen atoms in total. The first kappa shape index (κ1) is 17.0. The number of nitrogens with one attached hydrogen (secondary N) is 1. The number of anilines is 2. The van der Waals surface area contributed by atoms with E-state index in [1.54, 1.807) is 11.8 Å². The molecule has 0 fully saturated rings. The molecule has 3 rings (SSSR count). The molecule has 25 heavy (non-hydrogen) atoms. The molecule has 1 aliphatic rings. The van der Waals surface area contributed by atoms with Crippen LogP contribution in [0.5, 0.6) is 5.75 Å². The van der Waals surface area contributed by atoms with Gasteiger partial charge < -0.3 is 15.0 Å². The summed E-state index contributed by atoms with van der Waals surface area (Å²) >= 11 is 0. The highest BCUT2D eigenvalue weighted by Crippen LogP contribution is 2.30. The molecule has 0 saturated carbocycles. The largest absolute Gasteiger partial charge is 0.484 e. The molecule has 0 bridgehead atoms. The van der Waals surface area contributed by atoms with Crippen LogP contribution in [-0.2, 0) is 22.4 Å². The Bertz CT molecular complexity index is 801. The fourth-order valence-corrected chi connectivity index (χ4v) is 3.01. The number of benzene rings is 2. The van der Waals surface area contributed by atoms with Gasteiger partial charge in [0.25, 0.3) is 5.91 Å². The normalized spacial score (nSPS) is 12.6. The van der Waals surface area contributed by atoms with E-state index in [0.29, 0.717) is 12.3 Å². The van der Waals surface area contributed by atoms with E-state index >= 15 is 0 Å².